The molecule has 0 saturated heterocycles. The van der Waals surface area contributed by atoms with E-state index < -0.39 is 17.3 Å². The summed E-state index contributed by atoms with van der Waals surface area (Å²) in [5.41, 5.74) is 12.5. The Kier molecular flexibility index (Phi) is 5.30. The molecule has 2 aromatic carbocycles. The number of carbonyl (C=O) groups excluding carboxylic acids is 1. The molecule has 0 radical (unpaired) electrons. The van der Waals surface area contributed by atoms with Crippen molar-refractivity contribution in [1.29, 1.82) is 0 Å². The fourth-order valence-electron chi connectivity index (χ4n) is 1.98. The molecular formula is C16H18N2O3S. The van der Waals surface area contributed by atoms with E-state index >= 15 is 0 Å². The molecule has 6 heteroatoms. The van der Waals surface area contributed by atoms with E-state index in [4.69, 9.17) is 16.2 Å². The summed E-state index contributed by atoms with van der Waals surface area (Å²) in [5.74, 6) is -0.0805. The lowest BCUT2D eigenvalue weighted by Crippen LogP contribution is -2.32. The van der Waals surface area contributed by atoms with Crippen LogP contribution < -0.4 is 16.2 Å². The van der Waals surface area contributed by atoms with Gasteiger partial charge in [0, 0.05) is 10.6 Å². The first-order valence-corrected chi connectivity index (χ1v) is 7.53. The molecule has 0 fully saturated rings. The van der Waals surface area contributed by atoms with Crippen molar-refractivity contribution in [3.63, 3.8) is 0 Å². The number of hydrogen-bond donors (Lipinski definition) is 3. The molecule has 2 rings (SSSR count). The number of nitrogens with two attached hydrogens (primary N) is 2. The van der Waals surface area contributed by atoms with Gasteiger partial charge in [0.2, 0.25) is 5.91 Å². The van der Waals surface area contributed by atoms with Crippen molar-refractivity contribution in [2.75, 3.05) is 12.8 Å². The number of rotatable bonds is 6. The van der Waals surface area contributed by atoms with Gasteiger partial charge in [0.1, 0.15) is 11.9 Å². The van der Waals surface area contributed by atoms with Crippen molar-refractivity contribution in [2.45, 2.75) is 16.2 Å². The summed E-state index contributed by atoms with van der Waals surface area (Å²) < 4.78 is 5.11. The normalized spacial score (nSPS) is 13.4. The molecule has 0 saturated carbocycles. The lowest BCUT2D eigenvalue weighted by Gasteiger charge is -2.21. The number of aliphatic hydroxyl groups is 1. The first-order chi connectivity index (χ1) is 10.5. The number of hydrogen-bond acceptors (Lipinski definition) is 5. The average Bonchev–Trinajstić information content (AvgIpc) is 2.53. The molecule has 0 heterocycles. The summed E-state index contributed by atoms with van der Waals surface area (Å²) in [6, 6.07) is 14.4. The maximum atomic E-state index is 11.4. The van der Waals surface area contributed by atoms with Crippen LogP contribution in [0, 0.1) is 0 Å². The number of para-hydroxylation sites is 1. The van der Waals surface area contributed by atoms with Gasteiger partial charge in [-0.1, -0.05) is 24.3 Å². The molecule has 1 amide bonds. The molecule has 0 spiro atoms. The van der Waals surface area contributed by atoms with Crippen LogP contribution in [-0.2, 0) is 4.79 Å². The van der Waals surface area contributed by atoms with Crippen molar-refractivity contribution in [1.82, 2.24) is 0 Å². The number of carbonyl (C=O) groups is 1. The zero-order valence-electron chi connectivity index (χ0n) is 12.1. The second kappa shape index (κ2) is 7.20. The van der Waals surface area contributed by atoms with Crippen LogP contribution >= 0.6 is 11.8 Å². The van der Waals surface area contributed by atoms with Gasteiger partial charge >= 0.3 is 0 Å². The summed E-state index contributed by atoms with van der Waals surface area (Å²) in [5, 5.41) is 9.60. The molecule has 0 aliphatic heterocycles. The number of anilines is 1. The van der Waals surface area contributed by atoms with Crippen LogP contribution in [-0.4, -0.2) is 24.2 Å². The van der Waals surface area contributed by atoms with Crippen molar-refractivity contribution in [2.24, 2.45) is 5.73 Å². The third kappa shape index (κ3) is 3.72. The van der Waals surface area contributed by atoms with E-state index in [9.17, 15) is 9.90 Å². The van der Waals surface area contributed by atoms with Crippen molar-refractivity contribution >= 4 is 23.4 Å². The molecule has 0 aliphatic rings. The minimum Gasteiger partial charge on any atom is -0.497 e. The van der Waals surface area contributed by atoms with Crippen LogP contribution in [0.15, 0.2) is 53.4 Å². The molecule has 0 bridgehead atoms. The lowest BCUT2D eigenvalue weighted by atomic mass is 10.1. The highest BCUT2D eigenvalue weighted by Crippen LogP contribution is 2.40. The van der Waals surface area contributed by atoms with E-state index in [0.717, 1.165) is 10.5 Å². The topological polar surface area (TPSA) is 98.6 Å². The highest BCUT2D eigenvalue weighted by Gasteiger charge is 2.27. The van der Waals surface area contributed by atoms with Crippen LogP contribution in [0.5, 0.6) is 5.75 Å². The fourth-order valence-corrected chi connectivity index (χ4v) is 3.17. The first-order valence-electron chi connectivity index (χ1n) is 6.65. The van der Waals surface area contributed by atoms with Gasteiger partial charge in [0.05, 0.1) is 12.4 Å². The number of benzene rings is 2. The van der Waals surface area contributed by atoms with E-state index in [-0.39, 0.29) is 0 Å². The van der Waals surface area contributed by atoms with Gasteiger partial charge in [0.15, 0.2) is 0 Å². The van der Waals surface area contributed by atoms with Gasteiger partial charge in [-0.05, 0) is 29.8 Å². The van der Waals surface area contributed by atoms with E-state index in [1.54, 1.807) is 37.4 Å². The Morgan fingerprint density at radius 1 is 1.18 bits per heavy atom. The largest absolute Gasteiger partial charge is 0.497 e. The summed E-state index contributed by atoms with van der Waals surface area (Å²) in [6.45, 7) is 0. The smallest absolute Gasteiger partial charge is 0.247 e. The van der Waals surface area contributed by atoms with Crippen LogP contribution in [0.1, 0.15) is 10.8 Å². The maximum absolute atomic E-state index is 11.4. The summed E-state index contributed by atoms with van der Waals surface area (Å²) in [4.78, 5) is 12.2. The number of thioether (sulfide) groups is 1. The standard InChI is InChI=1S/C16H18N2O3S/c1-21-11-8-6-10(7-9-11)15(14(19)16(18)20)22-13-5-3-2-4-12(13)17/h2-9,14-15,19H,17H2,1H3,(H2,18,20)/t14-,15+/m1/s1. The summed E-state index contributed by atoms with van der Waals surface area (Å²) >= 11 is 1.30. The third-order valence-corrected chi connectivity index (χ3v) is 4.61. The summed E-state index contributed by atoms with van der Waals surface area (Å²) in [6.07, 6.45) is -1.32. The van der Waals surface area contributed by atoms with Crippen molar-refractivity contribution in [3.05, 3.63) is 54.1 Å². The Bertz CT molecular complexity index is 646. The van der Waals surface area contributed by atoms with Crippen molar-refractivity contribution in [3.8, 4) is 5.75 Å². The minimum atomic E-state index is -1.32. The highest BCUT2D eigenvalue weighted by atomic mass is 32.2. The van der Waals surface area contributed by atoms with Crippen LogP contribution in [0.3, 0.4) is 0 Å². The molecule has 5 nitrogen and oxygen atoms in total. The molecular weight excluding hydrogens is 300 g/mol. The van der Waals surface area contributed by atoms with Crippen LogP contribution in [0.4, 0.5) is 5.69 Å². The molecule has 0 aliphatic carbocycles. The molecule has 0 unspecified atom stereocenters. The Labute approximate surface area is 133 Å². The maximum Gasteiger partial charge on any atom is 0.247 e. The predicted octanol–water partition coefficient (Wildman–Crippen LogP) is 1.96. The second-order valence-electron chi connectivity index (χ2n) is 4.70. The van der Waals surface area contributed by atoms with Gasteiger partial charge in [0.25, 0.3) is 0 Å². The third-order valence-electron chi connectivity index (χ3n) is 3.20. The van der Waals surface area contributed by atoms with Gasteiger partial charge in [-0.2, -0.15) is 0 Å². The molecule has 0 aromatic heterocycles. The van der Waals surface area contributed by atoms with E-state index in [2.05, 4.69) is 0 Å². The van der Waals surface area contributed by atoms with E-state index in [1.807, 2.05) is 18.2 Å². The monoisotopic (exact) mass is 318 g/mol. The molecule has 22 heavy (non-hydrogen) atoms. The summed E-state index contributed by atoms with van der Waals surface area (Å²) in [7, 11) is 1.57. The molecule has 116 valence electrons. The highest BCUT2D eigenvalue weighted by molar-refractivity contribution is 7.99. The Hall–Kier alpha value is -2.18. The number of ether oxygens (including phenoxy) is 1. The number of aliphatic hydroxyl groups excluding tert-OH is 1. The molecule has 2 atom stereocenters. The van der Waals surface area contributed by atoms with Gasteiger partial charge in [-0.25, -0.2) is 0 Å². The number of nitrogen functional groups attached to an aromatic ring is 1. The first kappa shape index (κ1) is 16.2. The van der Waals surface area contributed by atoms with Gasteiger partial charge < -0.3 is 21.3 Å². The van der Waals surface area contributed by atoms with Crippen LogP contribution in [0.2, 0.25) is 0 Å². The van der Waals surface area contributed by atoms with Gasteiger partial charge in [-0.15, -0.1) is 11.8 Å². The van der Waals surface area contributed by atoms with Crippen molar-refractivity contribution < 1.29 is 14.6 Å². The van der Waals surface area contributed by atoms with Crippen LogP contribution in [0.25, 0.3) is 0 Å². The SMILES string of the molecule is COc1ccc([C@H](Sc2ccccc2N)[C@@H](O)C(N)=O)cc1. The zero-order valence-corrected chi connectivity index (χ0v) is 12.9. The Morgan fingerprint density at radius 3 is 2.36 bits per heavy atom. The molecule has 2 aromatic rings. The van der Waals surface area contributed by atoms with E-state index in [0.29, 0.717) is 11.4 Å². The number of amides is 1. The fraction of sp³-hybridized carbons (Fsp3) is 0.188. The Balaban J connectivity index is 2.33. The Morgan fingerprint density at radius 2 is 1.82 bits per heavy atom. The van der Waals surface area contributed by atoms with Gasteiger partial charge in [-0.3, -0.25) is 4.79 Å². The zero-order chi connectivity index (χ0) is 16.1. The van der Waals surface area contributed by atoms with E-state index in [1.165, 1.54) is 11.8 Å². The predicted molar refractivity (Wildman–Crippen MR) is 87.6 cm³/mol. The lowest BCUT2D eigenvalue weighted by molar-refractivity contribution is -0.126. The number of methoxy groups -OCH3 is 1. The average molecular weight is 318 g/mol. The quantitative estimate of drug-likeness (QED) is 0.558. The second-order valence-corrected chi connectivity index (χ2v) is 5.88. The number of primary amides is 1. The molecule has 5 N–H and O–H groups in total. The minimum absolute atomic E-state index is 0.548.